The lowest BCUT2D eigenvalue weighted by molar-refractivity contribution is -0.419. The van der Waals surface area contributed by atoms with Crippen molar-refractivity contribution >= 4 is 11.5 Å². The summed E-state index contributed by atoms with van der Waals surface area (Å²) in [7, 11) is 0. The van der Waals surface area contributed by atoms with Gasteiger partial charge in [0.1, 0.15) is 11.5 Å². The number of H-pyrrole nitrogens is 1. The molecule has 0 saturated heterocycles. The summed E-state index contributed by atoms with van der Waals surface area (Å²) < 4.78 is 37.9. The van der Waals surface area contributed by atoms with E-state index in [1.165, 1.54) is 0 Å². The molecule has 0 aliphatic heterocycles. The molecule has 0 saturated carbocycles. The molecule has 1 N–H and O–H groups in total. The van der Waals surface area contributed by atoms with Crippen molar-refractivity contribution in [2.45, 2.75) is 6.18 Å². The van der Waals surface area contributed by atoms with Crippen LogP contribution in [0.25, 0.3) is 0 Å². The van der Waals surface area contributed by atoms with E-state index in [-0.39, 0.29) is 0 Å². The third-order valence-electron chi connectivity index (χ3n) is 0.650. The molecule has 1 heterocycles. The highest BCUT2D eigenvalue weighted by Crippen LogP contribution is 2.27. The summed E-state index contributed by atoms with van der Waals surface area (Å²) in [4.78, 5) is 1.96. The molecule has 0 aliphatic rings. The van der Waals surface area contributed by atoms with E-state index in [0.29, 0.717) is 11.5 Å². The van der Waals surface area contributed by atoms with Crippen LogP contribution < -0.4 is 4.98 Å². The SMILES string of the molecule is FC(F)(F)c1[nH+]cns1. The first kappa shape index (κ1) is 6.47. The molecule has 1 rings (SSSR count). The third kappa shape index (κ3) is 1.38. The van der Waals surface area contributed by atoms with E-state index in [1.54, 1.807) is 0 Å². The van der Waals surface area contributed by atoms with Crippen LogP contribution >= 0.6 is 11.5 Å². The number of hydrogen-bond acceptors (Lipinski definition) is 2. The summed E-state index contributed by atoms with van der Waals surface area (Å²) in [5, 5.41) is -0.775. The van der Waals surface area contributed by atoms with Gasteiger partial charge in [0.25, 0.3) is 6.33 Å². The van der Waals surface area contributed by atoms with Gasteiger partial charge in [0.05, 0.1) is 0 Å². The van der Waals surface area contributed by atoms with Gasteiger partial charge in [-0.2, -0.15) is 13.2 Å². The van der Waals surface area contributed by atoms with Gasteiger partial charge in [-0.25, -0.2) is 4.98 Å². The molecule has 9 heavy (non-hydrogen) atoms. The van der Waals surface area contributed by atoms with Gasteiger partial charge in [-0.15, -0.1) is 0 Å². The Hall–Kier alpha value is -0.650. The van der Waals surface area contributed by atoms with Crippen LogP contribution in [0.1, 0.15) is 5.01 Å². The molecule has 50 valence electrons. The second-order valence-electron chi connectivity index (χ2n) is 1.30. The first-order valence-corrected chi connectivity index (χ1v) is 2.77. The number of nitrogens with zero attached hydrogens (tertiary/aromatic N) is 1. The second-order valence-corrected chi connectivity index (χ2v) is 2.10. The Labute approximate surface area is 52.5 Å². The van der Waals surface area contributed by atoms with Gasteiger partial charge in [0.2, 0.25) is 0 Å². The van der Waals surface area contributed by atoms with Crippen LogP contribution in [0.5, 0.6) is 0 Å². The van der Waals surface area contributed by atoms with Crippen molar-refractivity contribution in [3.8, 4) is 0 Å². The first-order valence-electron chi connectivity index (χ1n) is 2.00. The molecule has 0 atom stereocenters. The summed E-state index contributed by atoms with van der Waals surface area (Å²) >= 11 is 0.399. The van der Waals surface area contributed by atoms with Crippen molar-refractivity contribution < 1.29 is 18.2 Å². The third-order valence-corrected chi connectivity index (χ3v) is 1.39. The van der Waals surface area contributed by atoms with Crippen molar-refractivity contribution in [2.24, 2.45) is 0 Å². The van der Waals surface area contributed by atoms with Crippen molar-refractivity contribution in [1.29, 1.82) is 0 Å². The fourth-order valence-corrected chi connectivity index (χ4v) is 0.744. The molecule has 1 aromatic rings. The molecular formula is C3H2F3N2S+. The minimum absolute atomic E-state index is 0.399. The van der Waals surface area contributed by atoms with Gasteiger partial charge < -0.3 is 0 Å². The zero-order valence-electron chi connectivity index (χ0n) is 4.07. The molecule has 0 aliphatic carbocycles. The van der Waals surface area contributed by atoms with Crippen LogP contribution in [0.3, 0.4) is 0 Å². The maximum atomic E-state index is 11.6. The monoisotopic (exact) mass is 155 g/mol. The lowest BCUT2D eigenvalue weighted by atomic mass is 10.7. The molecule has 0 amide bonds. The van der Waals surface area contributed by atoms with Gasteiger partial charge >= 0.3 is 11.2 Å². The maximum absolute atomic E-state index is 11.6. The zero-order chi connectivity index (χ0) is 6.91. The Balaban J connectivity index is 2.90. The molecule has 0 radical (unpaired) electrons. The van der Waals surface area contributed by atoms with Gasteiger partial charge in [0.15, 0.2) is 0 Å². The predicted octanol–water partition coefficient (Wildman–Crippen LogP) is 0.976. The van der Waals surface area contributed by atoms with E-state index >= 15 is 0 Å². The Bertz CT molecular complexity index is 179. The number of alkyl halides is 3. The number of rotatable bonds is 0. The quantitative estimate of drug-likeness (QED) is 0.548. The predicted molar refractivity (Wildman–Crippen MR) is 23.7 cm³/mol. The number of aromatic nitrogens is 2. The summed E-state index contributed by atoms with van der Waals surface area (Å²) in [5.41, 5.74) is 0. The summed E-state index contributed by atoms with van der Waals surface area (Å²) in [6, 6.07) is 0. The molecule has 2 nitrogen and oxygen atoms in total. The van der Waals surface area contributed by atoms with E-state index in [1.807, 2.05) is 4.98 Å². The highest BCUT2D eigenvalue weighted by Gasteiger charge is 2.38. The lowest BCUT2D eigenvalue weighted by Gasteiger charge is -1.93. The normalized spacial score (nSPS) is 11.9. The van der Waals surface area contributed by atoms with Crippen molar-refractivity contribution in [1.82, 2.24) is 4.37 Å². The van der Waals surface area contributed by atoms with E-state index in [2.05, 4.69) is 4.37 Å². The highest BCUT2D eigenvalue weighted by molar-refractivity contribution is 7.05. The van der Waals surface area contributed by atoms with Gasteiger partial charge in [-0.05, 0) is 0 Å². The maximum Gasteiger partial charge on any atom is 0.467 e. The van der Waals surface area contributed by atoms with Crippen LogP contribution in [0.4, 0.5) is 13.2 Å². The van der Waals surface area contributed by atoms with Crippen molar-refractivity contribution in [3.05, 3.63) is 11.3 Å². The zero-order valence-corrected chi connectivity index (χ0v) is 4.88. The molecule has 6 heteroatoms. The van der Waals surface area contributed by atoms with Crippen LogP contribution in [-0.2, 0) is 6.18 Å². The number of halogens is 3. The minimum atomic E-state index is -4.28. The van der Waals surface area contributed by atoms with Crippen molar-refractivity contribution in [3.63, 3.8) is 0 Å². The largest absolute Gasteiger partial charge is 0.467 e. The van der Waals surface area contributed by atoms with Crippen LogP contribution in [-0.4, -0.2) is 4.37 Å². The number of hydrogen-bond donors (Lipinski definition) is 0. The fraction of sp³-hybridized carbons (Fsp3) is 0.333. The standard InChI is InChI=1S/C3HF3N2S/c4-3(5,6)2-7-1-8-9-2/h1H/p+1. The number of nitrogens with one attached hydrogen (secondary N) is 1. The van der Waals surface area contributed by atoms with Crippen molar-refractivity contribution in [2.75, 3.05) is 0 Å². The lowest BCUT2D eigenvalue weighted by Crippen LogP contribution is -2.15. The van der Waals surface area contributed by atoms with E-state index in [0.717, 1.165) is 6.33 Å². The van der Waals surface area contributed by atoms with E-state index < -0.39 is 11.2 Å². The highest BCUT2D eigenvalue weighted by atomic mass is 32.1. The molecule has 1 aromatic heterocycles. The van der Waals surface area contributed by atoms with Gasteiger partial charge in [-0.3, -0.25) is 0 Å². The minimum Gasteiger partial charge on any atom is -0.227 e. The summed E-state index contributed by atoms with van der Waals surface area (Å²) in [5.74, 6) is 0. The fourth-order valence-electron chi connectivity index (χ4n) is 0.324. The van der Waals surface area contributed by atoms with Gasteiger partial charge in [0, 0.05) is 4.37 Å². The summed E-state index contributed by atoms with van der Waals surface area (Å²) in [6.45, 7) is 0. The molecular weight excluding hydrogens is 153 g/mol. The second kappa shape index (κ2) is 1.94. The first-order chi connectivity index (χ1) is 4.11. The van der Waals surface area contributed by atoms with Crippen LogP contribution in [0, 0.1) is 0 Å². The average Bonchev–Trinajstić information content (AvgIpc) is 2.08. The van der Waals surface area contributed by atoms with E-state index in [9.17, 15) is 13.2 Å². The number of aromatic amines is 1. The Morgan fingerprint density at radius 1 is 1.56 bits per heavy atom. The average molecular weight is 155 g/mol. The molecule has 0 bridgehead atoms. The van der Waals surface area contributed by atoms with E-state index in [4.69, 9.17) is 0 Å². The summed E-state index contributed by atoms with van der Waals surface area (Å²) in [6.07, 6.45) is -3.27. The Morgan fingerprint density at radius 2 is 2.22 bits per heavy atom. The smallest absolute Gasteiger partial charge is 0.227 e. The molecule has 0 fully saturated rings. The molecule has 0 aromatic carbocycles. The topological polar surface area (TPSA) is 27.0 Å². The Kier molecular flexibility index (Phi) is 1.40. The van der Waals surface area contributed by atoms with Gasteiger partial charge in [-0.1, -0.05) is 0 Å². The molecule has 0 unspecified atom stereocenters. The Morgan fingerprint density at radius 3 is 2.44 bits per heavy atom. The van der Waals surface area contributed by atoms with Crippen LogP contribution in [0.2, 0.25) is 0 Å². The molecule has 0 spiro atoms. The van der Waals surface area contributed by atoms with Crippen LogP contribution in [0.15, 0.2) is 6.33 Å².